The van der Waals surface area contributed by atoms with E-state index in [9.17, 15) is 15.1 Å². The summed E-state index contributed by atoms with van der Waals surface area (Å²) in [5.41, 5.74) is -0.199. The number of hydrogen-bond donors (Lipinski definition) is 2. The van der Waals surface area contributed by atoms with Gasteiger partial charge < -0.3 is 9.84 Å². The van der Waals surface area contributed by atoms with Gasteiger partial charge in [-0.25, -0.2) is 5.06 Å². The molecule has 1 amide bonds. The number of nitriles is 1. The molecule has 19 heavy (non-hydrogen) atoms. The number of hydrogen-bond acceptors (Lipinski definition) is 5. The second-order valence-electron chi connectivity index (χ2n) is 4.95. The predicted molar refractivity (Wildman–Crippen MR) is 64.3 cm³/mol. The molecule has 6 heteroatoms. The standard InChI is InChI=1S/C13H14N2O4/c1-13(2)12(17)11(15(18)7-16)9-5-8(6-14)3-4-10(9)19-13/h3-5,7,11-12,17-18H,1-2H3/t11-,12+/m0/s1. The third kappa shape index (κ3) is 2.14. The SMILES string of the molecule is CC1(C)Oc2ccc(C#N)cc2[C@H](N(O)C=O)[C@H]1O. The number of carbonyl (C=O) groups excluding carboxylic acids is 1. The molecule has 0 aliphatic carbocycles. The van der Waals surface area contributed by atoms with Crippen molar-refractivity contribution < 1.29 is 19.8 Å². The molecule has 0 bridgehead atoms. The molecule has 2 atom stereocenters. The Morgan fingerprint density at radius 2 is 2.21 bits per heavy atom. The van der Waals surface area contributed by atoms with Crippen molar-refractivity contribution in [2.24, 2.45) is 0 Å². The highest BCUT2D eigenvalue weighted by Gasteiger charge is 2.45. The van der Waals surface area contributed by atoms with E-state index in [-0.39, 0.29) is 6.41 Å². The lowest BCUT2D eigenvalue weighted by Gasteiger charge is -2.43. The van der Waals surface area contributed by atoms with Gasteiger partial charge in [0.25, 0.3) is 0 Å². The van der Waals surface area contributed by atoms with Crippen LogP contribution in [0.3, 0.4) is 0 Å². The van der Waals surface area contributed by atoms with E-state index in [1.807, 2.05) is 6.07 Å². The highest BCUT2D eigenvalue weighted by molar-refractivity contribution is 5.52. The molecule has 0 aromatic heterocycles. The molecule has 1 aliphatic heterocycles. The molecule has 2 rings (SSSR count). The van der Waals surface area contributed by atoms with Crippen LogP contribution >= 0.6 is 0 Å². The average molecular weight is 262 g/mol. The second-order valence-corrected chi connectivity index (χ2v) is 4.95. The number of nitrogens with zero attached hydrogens (tertiary/aromatic N) is 2. The van der Waals surface area contributed by atoms with Gasteiger partial charge in [-0.3, -0.25) is 10.0 Å². The average Bonchev–Trinajstić information content (AvgIpc) is 2.38. The van der Waals surface area contributed by atoms with E-state index in [4.69, 9.17) is 10.00 Å². The van der Waals surface area contributed by atoms with Crippen molar-refractivity contribution >= 4 is 6.41 Å². The van der Waals surface area contributed by atoms with Crippen molar-refractivity contribution in [2.45, 2.75) is 31.6 Å². The van der Waals surface area contributed by atoms with Gasteiger partial charge >= 0.3 is 0 Å². The van der Waals surface area contributed by atoms with E-state index in [1.54, 1.807) is 26.0 Å². The van der Waals surface area contributed by atoms with Crippen LogP contribution in [-0.2, 0) is 4.79 Å². The third-order valence-corrected chi connectivity index (χ3v) is 3.23. The molecular formula is C13H14N2O4. The van der Waals surface area contributed by atoms with E-state index in [1.165, 1.54) is 6.07 Å². The Bertz CT molecular complexity index is 550. The number of aliphatic hydroxyl groups excluding tert-OH is 1. The summed E-state index contributed by atoms with van der Waals surface area (Å²) in [5.74, 6) is 0.431. The normalized spacial score (nSPS) is 23.7. The summed E-state index contributed by atoms with van der Waals surface area (Å²) >= 11 is 0. The van der Waals surface area contributed by atoms with Gasteiger partial charge in [0, 0.05) is 5.56 Å². The van der Waals surface area contributed by atoms with Crippen LogP contribution in [0.5, 0.6) is 5.75 Å². The fraction of sp³-hybridized carbons (Fsp3) is 0.385. The molecule has 6 nitrogen and oxygen atoms in total. The molecule has 0 radical (unpaired) electrons. The number of hydroxylamine groups is 2. The van der Waals surface area contributed by atoms with Crippen LogP contribution in [-0.4, -0.2) is 33.5 Å². The van der Waals surface area contributed by atoms with Crippen molar-refractivity contribution in [2.75, 3.05) is 0 Å². The molecule has 0 unspecified atom stereocenters. The van der Waals surface area contributed by atoms with Gasteiger partial charge in [-0.05, 0) is 32.0 Å². The quantitative estimate of drug-likeness (QED) is 0.470. The van der Waals surface area contributed by atoms with E-state index >= 15 is 0 Å². The maximum absolute atomic E-state index is 10.8. The topological polar surface area (TPSA) is 93.8 Å². The van der Waals surface area contributed by atoms with E-state index in [2.05, 4.69) is 0 Å². The Balaban J connectivity index is 2.59. The Hall–Kier alpha value is -2.10. The van der Waals surface area contributed by atoms with Gasteiger partial charge in [0.1, 0.15) is 23.5 Å². The minimum atomic E-state index is -1.12. The van der Waals surface area contributed by atoms with Crippen LogP contribution in [0.1, 0.15) is 31.0 Å². The van der Waals surface area contributed by atoms with Crippen LogP contribution in [0.25, 0.3) is 0 Å². The number of rotatable bonds is 2. The maximum atomic E-state index is 10.8. The van der Waals surface area contributed by atoms with Crippen molar-refractivity contribution in [3.63, 3.8) is 0 Å². The van der Waals surface area contributed by atoms with E-state index in [0.29, 0.717) is 21.9 Å². The largest absolute Gasteiger partial charge is 0.485 e. The Morgan fingerprint density at radius 3 is 2.79 bits per heavy atom. The lowest BCUT2D eigenvalue weighted by Crippen LogP contribution is -2.52. The molecule has 1 aliphatic rings. The summed E-state index contributed by atoms with van der Waals surface area (Å²) in [6, 6.07) is 5.65. The molecule has 0 saturated heterocycles. The molecule has 0 spiro atoms. The lowest BCUT2D eigenvalue weighted by molar-refractivity contribution is -0.191. The zero-order valence-electron chi connectivity index (χ0n) is 10.6. The summed E-state index contributed by atoms with van der Waals surface area (Å²) in [6.07, 6.45) is -0.901. The highest BCUT2D eigenvalue weighted by Crippen LogP contribution is 2.42. The van der Waals surface area contributed by atoms with E-state index in [0.717, 1.165) is 0 Å². The number of benzene rings is 1. The molecule has 100 valence electrons. The Labute approximate surface area is 110 Å². The van der Waals surface area contributed by atoms with Crippen molar-refractivity contribution in [3.8, 4) is 11.8 Å². The summed E-state index contributed by atoms with van der Waals surface area (Å²) < 4.78 is 5.64. The minimum Gasteiger partial charge on any atom is -0.485 e. The number of carbonyl (C=O) groups is 1. The first-order chi connectivity index (χ1) is 8.90. The van der Waals surface area contributed by atoms with Gasteiger partial charge in [0.05, 0.1) is 11.6 Å². The van der Waals surface area contributed by atoms with Crippen LogP contribution < -0.4 is 4.74 Å². The Morgan fingerprint density at radius 1 is 1.53 bits per heavy atom. The van der Waals surface area contributed by atoms with Gasteiger partial charge in [0.15, 0.2) is 0 Å². The summed E-state index contributed by atoms with van der Waals surface area (Å²) in [7, 11) is 0. The molecule has 2 N–H and O–H groups in total. The summed E-state index contributed by atoms with van der Waals surface area (Å²) in [4.78, 5) is 10.8. The first-order valence-corrected chi connectivity index (χ1v) is 5.74. The number of amides is 1. The highest BCUT2D eigenvalue weighted by atomic mass is 16.5. The molecule has 1 heterocycles. The predicted octanol–water partition coefficient (Wildman–Crippen LogP) is 0.979. The van der Waals surface area contributed by atoms with Gasteiger partial charge in [-0.15, -0.1) is 0 Å². The summed E-state index contributed by atoms with van der Waals surface area (Å²) in [6.45, 7) is 3.31. The number of fused-ring (bicyclic) bond motifs is 1. The fourth-order valence-electron chi connectivity index (χ4n) is 2.19. The van der Waals surface area contributed by atoms with Crippen LogP contribution in [0, 0.1) is 11.3 Å². The summed E-state index contributed by atoms with van der Waals surface area (Å²) in [5, 5.41) is 29.2. The Kier molecular flexibility index (Phi) is 3.18. The molecule has 0 saturated carbocycles. The third-order valence-electron chi connectivity index (χ3n) is 3.23. The zero-order chi connectivity index (χ0) is 14.2. The lowest BCUT2D eigenvalue weighted by atomic mass is 9.86. The maximum Gasteiger partial charge on any atom is 0.233 e. The van der Waals surface area contributed by atoms with Crippen LogP contribution in [0.2, 0.25) is 0 Å². The van der Waals surface area contributed by atoms with E-state index < -0.39 is 17.7 Å². The van der Waals surface area contributed by atoms with Crippen molar-refractivity contribution in [3.05, 3.63) is 29.3 Å². The monoisotopic (exact) mass is 262 g/mol. The molecular weight excluding hydrogens is 248 g/mol. The molecule has 1 aromatic rings. The van der Waals surface area contributed by atoms with Gasteiger partial charge in [-0.2, -0.15) is 5.26 Å². The molecule has 1 aromatic carbocycles. The first-order valence-electron chi connectivity index (χ1n) is 5.74. The van der Waals surface area contributed by atoms with Crippen molar-refractivity contribution in [1.29, 1.82) is 5.26 Å². The van der Waals surface area contributed by atoms with Crippen molar-refractivity contribution in [1.82, 2.24) is 5.06 Å². The zero-order valence-corrected chi connectivity index (χ0v) is 10.6. The number of ether oxygens (including phenoxy) is 1. The van der Waals surface area contributed by atoms with Gasteiger partial charge in [-0.1, -0.05) is 0 Å². The smallest absolute Gasteiger partial charge is 0.233 e. The first kappa shape index (κ1) is 13.3. The van der Waals surface area contributed by atoms with Crippen LogP contribution in [0.15, 0.2) is 18.2 Å². The van der Waals surface area contributed by atoms with Gasteiger partial charge in [0.2, 0.25) is 6.41 Å². The fourth-order valence-corrected chi connectivity index (χ4v) is 2.19. The van der Waals surface area contributed by atoms with Crippen LogP contribution in [0.4, 0.5) is 0 Å². The second kappa shape index (κ2) is 4.53. The minimum absolute atomic E-state index is 0.220. The number of aliphatic hydroxyl groups is 1. The molecule has 0 fully saturated rings.